The van der Waals surface area contributed by atoms with Gasteiger partial charge in [0, 0.05) is 0 Å². The van der Waals surface area contributed by atoms with Crippen molar-refractivity contribution in [2.24, 2.45) is 5.41 Å². The van der Waals surface area contributed by atoms with Crippen LogP contribution in [0.15, 0.2) is 0 Å². The molecule has 0 aliphatic rings. The maximum Gasteiger partial charge on any atom is 0.116 e. The first-order chi connectivity index (χ1) is 4.24. The Morgan fingerprint density at radius 1 is 1.11 bits per heavy atom. The molecule has 9 heavy (non-hydrogen) atoms. The third kappa shape index (κ3) is 1.63. The largest absolute Gasteiger partial charge is 0.249 e. The Balaban J connectivity index is 4.04. The normalized spacial score (nSPS) is 10.9. The Kier molecular flexibility index (Phi) is 3.15. The van der Waals surface area contributed by atoms with Crippen molar-refractivity contribution >= 4 is 0 Å². The summed E-state index contributed by atoms with van der Waals surface area (Å²) in [7, 11) is 0. The van der Waals surface area contributed by atoms with Crippen LogP contribution in [0.3, 0.4) is 0 Å². The molecule has 0 nitrogen and oxygen atoms in total. The average Bonchev–Trinajstić information content (AvgIpc) is 1.95. The van der Waals surface area contributed by atoms with Crippen LogP contribution in [0.25, 0.3) is 0 Å². The zero-order valence-electron chi connectivity index (χ0n) is 4.83. The van der Waals surface area contributed by atoms with Gasteiger partial charge in [0.05, 0.1) is 0 Å². The second kappa shape index (κ2) is 3.39. The fraction of sp³-hybridized carbons (Fsp3) is 0.667. The van der Waals surface area contributed by atoms with Gasteiger partial charge in [-0.2, -0.15) is 0 Å². The van der Waals surface area contributed by atoms with Crippen LogP contribution in [0.4, 0.5) is 13.2 Å². The molecule has 0 atom stereocenters. The summed E-state index contributed by atoms with van der Waals surface area (Å²) in [5.41, 5.74) is -1.81. The summed E-state index contributed by atoms with van der Waals surface area (Å²) in [6.07, 6.45) is 4.67. The molecule has 0 heterocycles. The highest BCUT2D eigenvalue weighted by atomic mass is 19.1. The van der Waals surface area contributed by atoms with Crippen molar-refractivity contribution < 1.29 is 13.2 Å². The Hall–Kier alpha value is -0.650. The minimum atomic E-state index is -1.81. The Bertz CT molecular complexity index is 102. The van der Waals surface area contributed by atoms with Gasteiger partial charge in [-0.1, -0.05) is 5.92 Å². The van der Waals surface area contributed by atoms with E-state index in [1.807, 2.05) is 0 Å². The fourth-order valence-electron chi connectivity index (χ4n) is 0.223. The van der Waals surface area contributed by atoms with E-state index in [9.17, 15) is 13.2 Å². The monoisotopic (exact) mass is 136 g/mol. The van der Waals surface area contributed by atoms with Gasteiger partial charge >= 0.3 is 0 Å². The Labute approximate surface area is 52.1 Å². The van der Waals surface area contributed by atoms with Gasteiger partial charge in [-0.3, -0.25) is 0 Å². The van der Waals surface area contributed by atoms with Crippen molar-refractivity contribution in [3.8, 4) is 12.3 Å². The van der Waals surface area contributed by atoms with E-state index in [1.54, 1.807) is 5.92 Å². The summed E-state index contributed by atoms with van der Waals surface area (Å²) in [6.45, 7) is -3.43. The maximum atomic E-state index is 11.7. The third-order valence-corrected chi connectivity index (χ3v) is 1.07. The molecule has 0 N–H and O–H groups in total. The average molecular weight is 136 g/mol. The number of rotatable bonds is 3. The lowest BCUT2D eigenvalue weighted by Gasteiger charge is -2.15. The van der Waals surface area contributed by atoms with Gasteiger partial charge in [-0.25, -0.2) is 13.2 Å². The van der Waals surface area contributed by atoms with E-state index in [4.69, 9.17) is 0 Å². The van der Waals surface area contributed by atoms with Crippen LogP contribution >= 0.6 is 0 Å². The van der Waals surface area contributed by atoms with E-state index >= 15 is 0 Å². The topological polar surface area (TPSA) is 0 Å². The SMILES string of the molecule is C#CC(CF)(CF)CF. The first-order valence-corrected chi connectivity index (χ1v) is 2.40. The van der Waals surface area contributed by atoms with E-state index < -0.39 is 25.4 Å². The van der Waals surface area contributed by atoms with Gasteiger partial charge in [0.25, 0.3) is 0 Å². The fourth-order valence-corrected chi connectivity index (χ4v) is 0.223. The molecule has 0 saturated carbocycles. The van der Waals surface area contributed by atoms with E-state index in [0.29, 0.717) is 0 Å². The van der Waals surface area contributed by atoms with E-state index in [1.165, 1.54) is 0 Å². The molecular weight excluding hydrogens is 129 g/mol. The quantitative estimate of drug-likeness (QED) is 0.516. The molecule has 0 unspecified atom stereocenters. The molecule has 0 fully saturated rings. The molecule has 0 amide bonds. The van der Waals surface area contributed by atoms with Crippen LogP contribution in [0.2, 0.25) is 0 Å². The van der Waals surface area contributed by atoms with Crippen molar-refractivity contribution in [1.29, 1.82) is 0 Å². The van der Waals surface area contributed by atoms with Crippen molar-refractivity contribution in [2.45, 2.75) is 0 Å². The predicted molar refractivity (Wildman–Crippen MR) is 29.2 cm³/mol. The molecule has 0 rings (SSSR count). The summed E-state index contributed by atoms with van der Waals surface area (Å²) in [5, 5.41) is 0. The number of halogens is 3. The second-order valence-electron chi connectivity index (χ2n) is 1.83. The zero-order valence-corrected chi connectivity index (χ0v) is 4.83. The first kappa shape index (κ1) is 8.35. The summed E-state index contributed by atoms with van der Waals surface area (Å²) in [5.74, 6) is 1.74. The predicted octanol–water partition coefficient (Wildman–Crippen LogP) is 1.51. The lowest BCUT2D eigenvalue weighted by molar-refractivity contribution is 0.174. The highest BCUT2D eigenvalue weighted by Crippen LogP contribution is 2.17. The summed E-state index contributed by atoms with van der Waals surface area (Å²) < 4.78 is 35.1. The molecule has 0 spiro atoms. The molecule has 0 aliphatic carbocycles. The van der Waals surface area contributed by atoms with Crippen molar-refractivity contribution in [1.82, 2.24) is 0 Å². The number of terminal acetylenes is 1. The van der Waals surface area contributed by atoms with Gasteiger partial charge < -0.3 is 0 Å². The molecule has 0 aliphatic heterocycles. The van der Waals surface area contributed by atoms with Crippen molar-refractivity contribution in [2.75, 3.05) is 20.0 Å². The lowest BCUT2D eigenvalue weighted by atomic mass is 9.95. The highest BCUT2D eigenvalue weighted by Gasteiger charge is 2.27. The van der Waals surface area contributed by atoms with Crippen LogP contribution in [0, 0.1) is 17.8 Å². The molecule has 0 aromatic rings. The van der Waals surface area contributed by atoms with Gasteiger partial charge in [0.1, 0.15) is 25.4 Å². The molecule has 0 aromatic heterocycles. The van der Waals surface area contributed by atoms with Crippen LogP contribution in [-0.2, 0) is 0 Å². The standard InChI is InChI=1S/C6H7F3/c1-2-6(3-7,4-8)5-9/h1H,3-5H2. The van der Waals surface area contributed by atoms with E-state index in [0.717, 1.165) is 0 Å². The Morgan fingerprint density at radius 3 is 1.44 bits per heavy atom. The maximum absolute atomic E-state index is 11.7. The van der Waals surface area contributed by atoms with Gasteiger partial charge in [-0.15, -0.1) is 6.42 Å². The van der Waals surface area contributed by atoms with Crippen molar-refractivity contribution in [3.63, 3.8) is 0 Å². The number of alkyl halides is 3. The summed E-state index contributed by atoms with van der Waals surface area (Å²) in [6, 6.07) is 0. The van der Waals surface area contributed by atoms with Crippen molar-refractivity contribution in [3.05, 3.63) is 0 Å². The van der Waals surface area contributed by atoms with Crippen LogP contribution in [0.1, 0.15) is 0 Å². The molecule has 0 bridgehead atoms. The third-order valence-electron chi connectivity index (χ3n) is 1.07. The van der Waals surface area contributed by atoms with Crippen LogP contribution < -0.4 is 0 Å². The van der Waals surface area contributed by atoms with E-state index in [-0.39, 0.29) is 0 Å². The number of hydrogen-bond acceptors (Lipinski definition) is 0. The molecular formula is C6H7F3. The summed E-state index contributed by atoms with van der Waals surface area (Å²) >= 11 is 0. The molecule has 0 radical (unpaired) electrons. The summed E-state index contributed by atoms with van der Waals surface area (Å²) in [4.78, 5) is 0. The molecule has 3 heteroatoms. The molecule has 52 valence electrons. The second-order valence-corrected chi connectivity index (χ2v) is 1.83. The van der Waals surface area contributed by atoms with Crippen LogP contribution in [0.5, 0.6) is 0 Å². The smallest absolute Gasteiger partial charge is 0.116 e. The van der Waals surface area contributed by atoms with Gasteiger partial charge in [0.15, 0.2) is 0 Å². The zero-order chi connectivity index (χ0) is 7.33. The molecule has 0 aromatic carbocycles. The minimum Gasteiger partial charge on any atom is -0.249 e. The van der Waals surface area contributed by atoms with Gasteiger partial charge in [-0.05, 0) is 0 Å². The highest BCUT2D eigenvalue weighted by molar-refractivity contribution is 5.05. The minimum absolute atomic E-state index is 1.14. The van der Waals surface area contributed by atoms with Crippen LogP contribution in [-0.4, -0.2) is 20.0 Å². The lowest BCUT2D eigenvalue weighted by Crippen LogP contribution is -2.26. The first-order valence-electron chi connectivity index (χ1n) is 2.40. The number of hydrogen-bond donors (Lipinski definition) is 0. The molecule has 0 saturated heterocycles. The Morgan fingerprint density at radius 2 is 1.44 bits per heavy atom. The van der Waals surface area contributed by atoms with Gasteiger partial charge in [0.2, 0.25) is 0 Å². The van der Waals surface area contributed by atoms with E-state index in [2.05, 4.69) is 6.42 Å².